The monoisotopic (exact) mass is 286 g/mol. The van der Waals surface area contributed by atoms with Crippen LogP contribution < -0.4 is 9.47 Å². The number of carbonyl (C=O) groups is 1. The standard InChI is InChI=1S/C16H14O3S/c1-11(17)13-3-5-14(6-4-13)20-9-12-2-7-15-16(8-12)19-10-18-15/h2-8H,9-10H2,1H3. The number of carbonyl (C=O) groups excluding carboxylic acids is 1. The van der Waals surface area contributed by atoms with Crippen LogP contribution in [-0.4, -0.2) is 12.6 Å². The summed E-state index contributed by atoms with van der Waals surface area (Å²) in [5.41, 5.74) is 1.94. The van der Waals surface area contributed by atoms with Crippen molar-refractivity contribution in [2.75, 3.05) is 6.79 Å². The van der Waals surface area contributed by atoms with Crippen LogP contribution in [0.25, 0.3) is 0 Å². The van der Waals surface area contributed by atoms with Gasteiger partial charge in [0.2, 0.25) is 6.79 Å². The Morgan fingerprint density at radius 3 is 2.60 bits per heavy atom. The Balaban J connectivity index is 1.65. The molecule has 2 aromatic carbocycles. The lowest BCUT2D eigenvalue weighted by molar-refractivity contribution is 0.101. The summed E-state index contributed by atoms with van der Waals surface area (Å²) in [6.45, 7) is 1.88. The molecule has 0 N–H and O–H groups in total. The Hall–Kier alpha value is -1.94. The Kier molecular flexibility index (Phi) is 3.65. The first-order valence-corrected chi connectivity index (χ1v) is 7.33. The first-order chi connectivity index (χ1) is 9.72. The molecule has 0 atom stereocenters. The minimum Gasteiger partial charge on any atom is -0.454 e. The van der Waals surface area contributed by atoms with Crippen molar-refractivity contribution in [2.24, 2.45) is 0 Å². The molecular formula is C16H14O3S. The van der Waals surface area contributed by atoms with Crippen LogP contribution in [-0.2, 0) is 5.75 Å². The van der Waals surface area contributed by atoms with Gasteiger partial charge in [0.15, 0.2) is 17.3 Å². The molecule has 102 valence electrons. The molecule has 0 aromatic heterocycles. The molecule has 1 heterocycles. The van der Waals surface area contributed by atoms with Gasteiger partial charge in [-0.1, -0.05) is 18.2 Å². The van der Waals surface area contributed by atoms with E-state index in [1.54, 1.807) is 18.7 Å². The number of hydrogen-bond acceptors (Lipinski definition) is 4. The minimum atomic E-state index is 0.0947. The van der Waals surface area contributed by atoms with Gasteiger partial charge in [-0.05, 0) is 36.8 Å². The van der Waals surface area contributed by atoms with Crippen LogP contribution in [0, 0.1) is 0 Å². The molecule has 0 fully saturated rings. The van der Waals surface area contributed by atoms with Crippen molar-refractivity contribution in [2.45, 2.75) is 17.6 Å². The molecule has 0 saturated heterocycles. The molecule has 0 amide bonds. The number of thioether (sulfide) groups is 1. The van der Waals surface area contributed by atoms with Gasteiger partial charge in [0.05, 0.1) is 0 Å². The highest BCUT2D eigenvalue weighted by molar-refractivity contribution is 7.98. The van der Waals surface area contributed by atoms with Gasteiger partial charge < -0.3 is 9.47 Å². The third kappa shape index (κ3) is 2.80. The highest BCUT2D eigenvalue weighted by Gasteiger charge is 2.13. The Morgan fingerprint density at radius 1 is 1.10 bits per heavy atom. The van der Waals surface area contributed by atoms with Gasteiger partial charge in [0.1, 0.15) is 0 Å². The Morgan fingerprint density at radius 2 is 1.85 bits per heavy atom. The number of hydrogen-bond donors (Lipinski definition) is 0. The van der Waals surface area contributed by atoms with Crippen molar-refractivity contribution in [3.63, 3.8) is 0 Å². The molecule has 1 aliphatic heterocycles. The van der Waals surface area contributed by atoms with E-state index in [2.05, 4.69) is 0 Å². The van der Waals surface area contributed by atoms with Gasteiger partial charge in [-0.15, -0.1) is 11.8 Å². The van der Waals surface area contributed by atoms with Gasteiger partial charge in [0.25, 0.3) is 0 Å². The molecule has 0 aliphatic carbocycles. The van der Waals surface area contributed by atoms with Gasteiger partial charge in [-0.25, -0.2) is 0 Å². The van der Waals surface area contributed by atoms with Crippen LogP contribution in [0.4, 0.5) is 0 Å². The molecule has 0 saturated carbocycles. The predicted molar refractivity (Wildman–Crippen MR) is 78.6 cm³/mol. The van der Waals surface area contributed by atoms with Crippen LogP contribution in [0.15, 0.2) is 47.4 Å². The number of Topliss-reactive ketones (excluding diaryl/α,β-unsaturated/α-hetero) is 1. The maximum atomic E-state index is 11.2. The second kappa shape index (κ2) is 5.59. The first-order valence-electron chi connectivity index (χ1n) is 6.35. The number of fused-ring (bicyclic) bond motifs is 1. The summed E-state index contributed by atoms with van der Waals surface area (Å²) in [5, 5.41) is 0. The number of ether oxygens (including phenoxy) is 2. The normalized spacial score (nSPS) is 12.4. The topological polar surface area (TPSA) is 35.5 Å². The van der Waals surface area contributed by atoms with Gasteiger partial charge in [-0.3, -0.25) is 4.79 Å². The fourth-order valence-corrected chi connectivity index (χ4v) is 2.82. The quantitative estimate of drug-likeness (QED) is 0.630. The third-order valence-electron chi connectivity index (χ3n) is 3.10. The zero-order valence-electron chi connectivity index (χ0n) is 11.1. The smallest absolute Gasteiger partial charge is 0.231 e. The van der Waals surface area contributed by atoms with Gasteiger partial charge in [-0.2, -0.15) is 0 Å². The fourth-order valence-electron chi connectivity index (χ4n) is 1.98. The van der Waals surface area contributed by atoms with Crippen molar-refractivity contribution in [3.8, 4) is 11.5 Å². The maximum Gasteiger partial charge on any atom is 0.231 e. The van der Waals surface area contributed by atoms with Crippen molar-refractivity contribution in [3.05, 3.63) is 53.6 Å². The van der Waals surface area contributed by atoms with Crippen LogP contribution >= 0.6 is 11.8 Å². The summed E-state index contributed by atoms with van der Waals surface area (Å²) in [4.78, 5) is 12.4. The van der Waals surface area contributed by atoms with Gasteiger partial charge >= 0.3 is 0 Å². The lowest BCUT2D eigenvalue weighted by Crippen LogP contribution is -1.92. The maximum absolute atomic E-state index is 11.2. The SMILES string of the molecule is CC(=O)c1ccc(SCc2ccc3c(c2)OCO3)cc1. The van der Waals surface area contributed by atoms with Crippen LogP contribution in [0.3, 0.4) is 0 Å². The molecule has 3 rings (SSSR count). The Labute approximate surface area is 121 Å². The van der Waals surface area contributed by atoms with Crippen molar-refractivity contribution in [1.29, 1.82) is 0 Å². The van der Waals surface area contributed by atoms with E-state index in [0.29, 0.717) is 6.79 Å². The van der Waals surface area contributed by atoms with E-state index >= 15 is 0 Å². The van der Waals surface area contributed by atoms with E-state index in [9.17, 15) is 4.79 Å². The molecule has 2 aromatic rings. The summed E-state index contributed by atoms with van der Waals surface area (Å²) in [6, 6.07) is 13.7. The van der Waals surface area contributed by atoms with E-state index in [1.807, 2.05) is 42.5 Å². The zero-order valence-corrected chi connectivity index (χ0v) is 11.9. The molecule has 20 heavy (non-hydrogen) atoms. The van der Waals surface area contributed by atoms with Crippen LogP contribution in [0.1, 0.15) is 22.8 Å². The van der Waals surface area contributed by atoms with Crippen LogP contribution in [0.2, 0.25) is 0 Å². The molecule has 0 spiro atoms. The summed E-state index contributed by atoms with van der Waals surface area (Å²) >= 11 is 1.73. The summed E-state index contributed by atoms with van der Waals surface area (Å²) in [5.74, 6) is 2.58. The highest BCUT2D eigenvalue weighted by atomic mass is 32.2. The molecule has 3 nitrogen and oxygen atoms in total. The molecule has 0 bridgehead atoms. The zero-order chi connectivity index (χ0) is 13.9. The van der Waals surface area contributed by atoms with E-state index in [-0.39, 0.29) is 5.78 Å². The summed E-state index contributed by atoms with van der Waals surface area (Å²) in [7, 11) is 0. The van der Waals surface area contributed by atoms with Crippen molar-refractivity contribution in [1.82, 2.24) is 0 Å². The lowest BCUT2D eigenvalue weighted by Gasteiger charge is -2.04. The van der Waals surface area contributed by atoms with E-state index in [0.717, 1.165) is 27.7 Å². The fraction of sp³-hybridized carbons (Fsp3) is 0.188. The molecule has 4 heteroatoms. The number of rotatable bonds is 4. The summed E-state index contributed by atoms with van der Waals surface area (Å²) < 4.78 is 10.7. The van der Waals surface area contributed by atoms with Crippen LogP contribution in [0.5, 0.6) is 11.5 Å². The Bertz CT molecular complexity index is 635. The molecule has 0 unspecified atom stereocenters. The van der Waals surface area contributed by atoms with Gasteiger partial charge in [0, 0.05) is 16.2 Å². The summed E-state index contributed by atoms with van der Waals surface area (Å²) in [6.07, 6.45) is 0. The average Bonchev–Trinajstić information content (AvgIpc) is 2.93. The van der Waals surface area contributed by atoms with E-state index in [4.69, 9.17) is 9.47 Å². The third-order valence-corrected chi connectivity index (χ3v) is 4.19. The highest BCUT2D eigenvalue weighted by Crippen LogP contribution is 2.34. The predicted octanol–water partition coefficient (Wildman–Crippen LogP) is 3.91. The first kappa shape index (κ1) is 13.1. The number of benzene rings is 2. The lowest BCUT2D eigenvalue weighted by atomic mass is 10.2. The van der Waals surface area contributed by atoms with E-state index < -0.39 is 0 Å². The van der Waals surface area contributed by atoms with Crippen molar-refractivity contribution >= 4 is 17.5 Å². The minimum absolute atomic E-state index is 0.0947. The molecular weight excluding hydrogens is 272 g/mol. The molecule has 1 aliphatic rings. The van der Waals surface area contributed by atoms with E-state index in [1.165, 1.54) is 5.56 Å². The molecule has 0 radical (unpaired) electrons. The van der Waals surface area contributed by atoms with Crippen molar-refractivity contribution < 1.29 is 14.3 Å². The second-order valence-corrected chi connectivity index (χ2v) is 5.61. The number of ketones is 1. The second-order valence-electron chi connectivity index (χ2n) is 4.56. The largest absolute Gasteiger partial charge is 0.454 e. The average molecular weight is 286 g/mol.